The van der Waals surface area contributed by atoms with Gasteiger partial charge in [-0.05, 0) is 7.05 Å². The molecule has 0 spiro atoms. The minimum atomic E-state index is 0.204. The maximum Gasteiger partial charge on any atom is 0.233 e. The first kappa shape index (κ1) is 12.7. The molecule has 2 rings (SSSR count). The summed E-state index contributed by atoms with van der Waals surface area (Å²) in [4.78, 5) is 20.1. The van der Waals surface area contributed by atoms with Crippen molar-refractivity contribution in [3.05, 3.63) is 6.20 Å². The molecule has 1 aromatic heterocycles. The zero-order chi connectivity index (χ0) is 12.3. The van der Waals surface area contributed by atoms with E-state index in [1.54, 1.807) is 6.20 Å². The first-order valence-electron chi connectivity index (χ1n) is 5.45. The van der Waals surface area contributed by atoms with Crippen molar-refractivity contribution in [3.63, 3.8) is 0 Å². The van der Waals surface area contributed by atoms with E-state index in [-0.39, 0.29) is 5.91 Å². The molecule has 0 aromatic carbocycles. The number of nitrogen functional groups attached to an aromatic ring is 1. The molecule has 1 fully saturated rings. The average Bonchev–Trinajstić information content (AvgIpc) is 2.73. The van der Waals surface area contributed by atoms with Crippen molar-refractivity contribution >= 4 is 34.1 Å². The van der Waals surface area contributed by atoms with Crippen LogP contribution in [0.4, 0.5) is 5.13 Å². The second kappa shape index (κ2) is 5.70. The van der Waals surface area contributed by atoms with Crippen LogP contribution in [0.1, 0.15) is 0 Å². The molecule has 2 heterocycles. The summed E-state index contributed by atoms with van der Waals surface area (Å²) in [6.45, 7) is 3.59. The van der Waals surface area contributed by atoms with Crippen molar-refractivity contribution in [2.75, 3.05) is 44.7 Å². The third-order valence-corrected chi connectivity index (χ3v) is 4.70. The number of hydrogen-bond donors (Lipinski definition) is 1. The molecule has 0 radical (unpaired) electrons. The number of nitrogens with zero attached hydrogens (tertiary/aromatic N) is 3. The summed E-state index contributed by atoms with van der Waals surface area (Å²) in [6.07, 6.45) is 1.72. The summed E-state index contributed by atoms with van der Waals surface area (Å²) < 4.78 is 1.00. The second-order valence-electron chi connectivity index (χ2n) is 3.99. The lowest BCUT2D eigenvalue weighted by molar-refractivity contribution is -0.129. The number of carbonyl (C=O) groups is 1. The smallest absolute Gasteiger partial charge is 0.233 e. The molecule has 0 unspecified atom stereocenters. The molecule has 7 heteroatoms. The maximum absolute atomic E-state index is 11.9. The highest BCUT2D eigenvalue weighted by Gasteiger charge is 2.19. The normalized spacial score (nSPS) is 17.4. The standard InChI is InChI=1S/C10H16N4OS2/c1-13-2-4-14(5-3-13)8(15)7-16-9-6-12-10(11)17-9/h6H,2-5,7H2,1H3,(H2,11,12). The van der Waals surface area contributed by atoms with E-state index >= 15 is 0 Å². The van der Waals surface area contributed by atoms with Crippen molar-refractivity contribution in [1.82, 2.24) is 14.8 Å². The van der Waals surface area contributed by atoms with Gasteiger partial charge >= 0.3 is 0 Å². The largest absolute Gasteiger partial charge is 0.375 e. The first-order chi connectivity index (χ1) is 8.15. The fourth-order valence-corrected chi connectivity index (χ4v) is 3.28. The zero-order valence-corrected chi connectivity index (χ0v) is 11.4. The molecule has 0 bridgehead atoms. The van der Waals surface area contributed by atoms with Crippen LogP contribution in [0, 0.1) is 0 Å². The molecule has 1 amide bonds. The van der Waals surface area contributed by atoms with E-state index in [4.69, 9.17) is 5.73 Å². The highest BCUT2D eigenvalue weighted by molar-refractivity contribution is 8.01. The van der Waals surface area contributed by atoms with E-state index in [0.717, 1.165) is 30.4 Å². The number of nitrogens with two attached hydrogens (primary N) is 1. The van der Waals surface area contributed by atoms with Crippen molar-refractivity contribution in [2.24, 2.45) is 0 Å². The van der Waals surface area contributed by atoms with E-state index in [9.17, 15) is 4.79 Å². The van der Waals surface area contributed by atoms with Gasteiger partial charge in [0.25, 0.3) is 0 Å². The molecule has 17 heavy (non-hydrogen) atoms. The predicted octanol–water partition coefficient (Wildman–Crippen LogP) is 0.591. The van der Waals surface area contributed by atoms with Gasteiger partial charge in [-0.25, -0.2) is 4.98 Å². The lowest BCUT2D eigenvalue weighted by Gasteiger charge is -2.32. The molecular formula is C10H16N4OS2. The second-order valence-corrected chi connectivity index (χ2v) is 6.33. The maximum atomic E-state index is 11.9. The van der Waals surface area contributed by atoms with Crippen LogP contribution in [0.15, 0.2) is 10.4 Å². The number of rotatable bonds is 3. The van der Waals surface area contributed by atoms with Crippen LogP contribution in [-0.2, 0) is 4.79 Å². The molecular weight excluding hydrogens is 256 g/mol. The highest BCUT2D eigenvalue weighted by Crippen LogP contribution is 2.26. The summed E-state index contributed by atoms with van der Waals surface area (Å²) in [6, 6.07) is 0. The van der Waals surface area contributed by atoms with Gasteiger partial charge in [-0.2, -0.15) is 0 Å². The molecule has 5 nitrogen and oxygen atoms in total. The molecule has 1 aliphatic heterocycles. The molecule has 0 atom stereocenters. The molecule has 2 N–H and O–H groups in total. The summed E-state index contributed by atoms with van der Waals surface area (Å²) in [5.74, 6) is 0.681. The Morgan fingerprint density at radius 1 is 1.53 bits per heavy atom. The third-order valence-electron chi connectivity index (χ3n) is 2.70. The first-order valence-corrected chi connectivity index (χ1v) is 7.26. The minimum Gasteiger partial charge on any atom is -0.375 e. The van der Waals surface area contributed by atoms with Gasteiger partial charge in [-0.1, -0.05) is 11.3 Å². The monoisotopic (exact) mass is 272 g/mol. The predicted molar refractivity (Wildman–Crippen MR) is 71.3 cm³/mol. The van der Waals surface area contributed by atoms with Crippen LogP contribution in [-0.4, -0.2) is 59.7 Å². The number of thioether (sulfide) groups is 1. The van der Waals surface area contributed by atoms with E-state index in [1.165, 1.54) is 23.1 Å². The number of thiazole rings is 1. The molecule has 1 aromatic rings. The number of hydrogen-bond acceptors (Lipinski definition) is 6. The number of amides is 1. The Labute approximate surface area is 109 Å². The number of anilines is 1. The lowest BCUT2D eigenvalue weighted by Crippen LogP contribution is -2.47. The van der Waals surface area contributed by atoms with Crippen molar-refractivity contribution in [3.8, 4) is 0 Å². The van der Waals surface area contributed by atoms with Gasteiger partial charge in [-0.15, -0.1) is 11.8 Å². The van der Waals surface area contributed by atoms with E-state index < -0.39 is 0 Å². The Bertz CT molecular complexity index is 387. The van der Waals surface area contributed by atoms with E-state index in [2.05, 4.69) is 16.9 Å². The Balaban J connectivity index is 1.77. The topological polar surface area (TPSA) is 62.5 Å². The number of likely N-dealkylation sites (N-methyl/N-ethyl adjacent to an activating group) is 1. The fraction of sp³-hybridized carbons (Fsp3) is 0.600. The van der Waals surface area contributed by atoms with Crippen LogP contribution < -0.4 is 5.73 Å². The number of piperazine rings is 1. The summed E-state index contributed by atoms with van der Waals surface area (Å²) in [5, 5.41) is 0.555. The van der Waals surface area contributed by atoms with Crippen LogP contribution in [0.5, 0.6) is 0 Å². The van der Waals surface area contributed by atoms with Gasteiger partial charge in [0.1, 0.15) is 0 Å². The molecule has 1 aliphatic rings. The van der Waals surface area contributed by atoms with Crippen LogP contribution in [0.25, 0.3) is 0 Å². The zero-order valence-electron chi connectivity index (χ0n) is 9.76. The van der Waals surface area contributed by atoms with Crippen molar-refractivity contribution in [1.29, 1.82) is 0 Å². The quantitative estimate of drug-likeness (QED) is 0.816. The van der Waals surface area contributed by atoms with Gasteiger partial charge in [0.05, 0.1) is 16.2 Å². The minimum absolute atomic E-state index is 0.204. The Hall–Kier alpha value is -0.790. The van der Waals surface area contributed by atoms with E-state index in [0.29, 0.717) is 10.9 Å². The van der Waals surface area contributed by atoms with Crippen LogP contribution in [0.3, 0.4) is 0 Å². The molecule has 0 aliphatic carbocycles. The van der Waals surface area contributed by atoms with Gasteiger partial charge in [0.15, 0.2) is 5.13 Å². The summed E-state index contributed by atoms with van der Waals surface area (Å²) in [7, 11) is 2.08. The molecule has 1 saturated heterocycles. The Kier molecular flexibility index (Phi) is 4.25. The molecule has 0 saturated carbocycles. The van der Waals surface area contributed by atoms with Gasteiger partial charge in [0, 0.05) is 26.2 Å². The van der Waals surface area contributed by atoms with Gasteiger partial charge in [0.2, 0.25) is 5.91 Å². The van der Waals surface area contributed by atoms with E-state index in [1.807, 2.05) is 4.90 Å². The Morgan fingerprint density at radius 3 is 2.82 bits per heavy atom. The summed E-state index contributed by atoms with van der Waals surface area (Å²) >= 11 is 2.94. The third kappa shape index (κ3) is 3.58. The molecule has 94 valence electrons. The van der Waals surface area contributed by atoms with Gasteiger partial charge in [-0.3, -0.25) is 4.79 Å². The summed E-state index contributed by atoms with van der Waals surface area (Å²) in [5.41, 5.74) is 5.54. The number of carbonyl (C=O) groups excluding carboxylic acids is 1. The van der Waals surface area contributed by atoms with Crippen molar-refractivity contribution in [2.45, 2.75) is 4.21 Å². The van der Waals surface area contributed by atoms with Crippen LogP contribution in [0.2, 0.25) is 0 Å². The number of aromatic nitrogens is 1. The lowest BCUT2D eigenvalue weighted by atomic mass is 10.3. The van der Waals surface area contributed by atoms with Gasteiger partial charge < -0.3 is 15.5 Å². The Morgan fingerprint density at radius 2 is 2.24 bits per heavy atom. The fourth-order valence-electron chi connectivity index (χ4n) is 1.62. The SMILES string of the molecule is CN1CCN(C(=O)CSc2cnc(N)s2)CC1. The van der Waals surface area contributed by atoms with Crippen molar-refractivity contribution < 1.29 is 4.79 Å². The highest BCUT2D eigenvalue weighted by atomic mass is 32.2. The average molecular weight is 272 g/mol. The van der Waals surface area contributed by atoms with Crippen LogP contribution >= 0.6 is 23.1 Å².